The molecular formula is C7H15N2O+. The standard InChI is InChI=1S/C7H15N2O/c1-6-8(3)4-5-9(6)7(2)10/h7,10H,4-5H2,1-3H3/q+1. The second kappa shape index (κ2) is 2.58. The van der Waals surface area contributed by atoms with Crippen LogP contribution in [-0.2, 0) is 0 Å². The van der Waals surface area contributed by atoms with Gasteiger partial charge < -0.3 is 5.11 Å². The van der Waals surface area contributed by atoms with E-state index in [9.17, 15) is 5.11 Å². The molecule has 0 radical (unpaired) electrons. The Balaban J connectivity index is 2.68. The van der Waals surface area contributed by atoms with Gasteiger partial charge in [0.15, 0.2) is 6.23 Å². The number of likely N-dealkylation sites (N-methyl/N-ethyl adjacent to an activating group) is 1. The van der Waals surface area contributed by atoms with E-state index in [-0.39, 0.29) is 6.23 Å². The van der Waals surface area contributed by atoms with Crippen LogP contribution in [0.5, 0.6) is 0 Å². The van der Waals surface area contributed by atoms with E-state index in [0.717, 1.165) is 18.9 Å². The number of aliphatic hydroxyl groups excluding tert-OH is 1. The lowest BCUT2D eigenvalue weighted by atomic mass is 10.5. The molecule has 0 spiro atoms. The maximum absolute atomic E-state index is 9.22. The van der Waals surface area contributed by atoms with Crippen LogP contribution in [-0.4, -0.2) is 46.8 Å². The Morgan fingerprint density at radius 2 is 2.30 bits per heavy atom. The predicted octanol–water partition coefficient (Wildman–Crippen LogP) is -0.299. The lowest BCUT2D eigenvalue weighted by molar-refractivity contribution is -0.487. The third kappa shape index (κ3) is 1.14. The summed E-state index contributed by atoms with van der Waals surface area (Å²) in [5.74, 6) is 1.16. The fourth-order valence-corrected chi connectivity index (χ4v) is 1.26. The summed E-state index contributed by atoms with van der Waals surface area (Å²) in [6.07, 6.45) is -0.343. The summed E-state index contributed by atoms with van der Waals surface area (Å²) < 4.78 is 2.15. The summed E-state index contributed by atoms with van der Waals surface area (Å²) in [7, 11) is 2.04. The molecule has 10 heavy (non-hydrogen) atoms. The van der Waals surface area contributed by atoms with Crippen molar-refractivity contribution < 1.29 is 9.68 Å². The number of hydrogen-bond donors (Lipinski definition) is 1. The van der Waals surface area contributed by atoms with Crippen LogP contribution in [0.4, 0.5) is 0 Å². The van der Waals surface area contributed by atoms with Crippen LogP contribution >= 0.6 is 0 Å². The zero-order valence-electron chi connectivity index (χ0n) is 6.83. The van der Waals surface area contributed by atoms with Crippen molar-refractivity contribution in [2.45, 2.75) is 20.1 Å². The molecule has 0 saturated carbocycles. The van der Waals surface area contributed by atoms with Crippen LogP contribution in [0.15, 0.2) is 0 Å². The summed E-state index contributed by atoms with van der Waals surface area (Å²) in [5, 5.41) is 9.22. The van der Waals surface area contributed by atoms with Gasteiger partial charge in [0, 0.05) is 13.8 Å². The van der Waals surface area contributed by atoms with E-state index in [2.05, 4.69) is 4.58 Å². The van der Waals surface area contributed by atoms with Crippen LogP contribution in [0.3, 0.4) is 0 Å². The van der Waals surface area contributed by atoms with Crippen molar-refractivity contribution in [3.05, 3.63) is 0 Å². The average molecular weight is 143 g/mol. The molecule has 0 aromatic carbocycles. The molecule has 0 saturated heterocycles. The second-order valence-electron chi connectivity index (χ2n) is 2.79. The van der Waals surface area contributed by atoms with Gasteiger partial charge in [-0.25, -0.2) is 4.90 Å². The van der Waals surface area contributed by atoms with Crippen molar-refractivity contribution >= 4 is 5.84 Å². The first-order valence-electron chi connectivity index (χ1n) is 3.62. The molecule has 58 valence electrons. The van der Waals surface area contributed by atoms with Gasteiger partial charge in [-0.2, -0.15) is 0 Å². The highest BCUT2D eigenvalue weighted by atomic mass is 16.3. The number of amidine groups is 1. The number of rotatable bonds is 1. The first-order chi connectivity index (χ1) is 4.63. The molecular weight excluding hydrogens is 128 g/mol. The first kappa shape index (κ1) is 7.54. The molecule has 0 aromatic heterocycles. The Hall–Kier alpha value is -0.570. The molecule has 0 aliphatic carbocycles. The maximum Gasteiger partial charge on any atom is 0.245 e. The van der Waals surface area contributed by atoms with Crippen LogP contribution < -0.4 is 0 Å². The van der Waals surface area contributed by atoms with Gasteiger partial charge in [0.05, 0.1) is 7.05 Å². The maximum atomic E-state index is 9.22. The number of hydrogen-bond acceptors (Lipinski definition) is 2. The lowest BCUT2D eigenvalue weighted by Gasteiger charge is -2.12. The van der Waals surface area contributed by atoms with Crippen molar-refractivity contribution in [1.29, 1.82) is 0 Å². The molecule has 1 aliphatic rings. The Labute approximate surface area is 61.6 Å². The molecule has 0 bridgehead atoms. The smallest absolute Gasteiger partial charge is 0.245 e. The molecule has 1 rings (SSSR count). The van der Waals surface area contributed by atoms with Gasteiger partial charge in [-0.15, -0.1) is 0 Å². The van der Waals surface area contributed by atoms with E-state index in [0.29, 0.717) is 0 Å². The second-order valence-corrected chi connectivity index (χ2v) is 2.79. The summed E-state index contributed by atoms with van der Waals surface area (Å²) >= 11 is 0. The monoisotopic (exact) mass is 143 g/mol. The molecule has 0 aromatic rings. The minimum atomic E-state index is -0.343. The summed E-state index contributed by atoms with van der Waals surface area (Å²) in [5.41, 5.74) is 0. The summed E-state index contributed by atoms with van der Waals surface area (Å²) in [6, 6.07) is 0. The Kier molecular flexibility index (Phi) is 1.94. The third-order valence-corrected chi connectivity index (χ3v) is 2.10. The van der Waals surface area contributed by atoms with Gasteiger partial charge in [-0.3, -0.25) is 4.58 Å². The molecule has 1 aliphatic heterocycles. The number of aliphatic hydroxyl groups is 1. The molecule has 0 amide bonds. The van der Waals surface area contributed by atoms with E-state index in [1.165, 1.54) is 0 Å². The molecule has 0 fully saturated rings. The van der Waals surface area contributed by atoms with Crippen molar-refractivity contribution in [3.8, 4) is 0 Å². The average Bonchev–Trinajstić information content (AvgIpc) is 2.14. The van der Waals surface area contributed by atoms with E-state index in [1.807, 2.05) is 18.9 Å². The van der Waals surface area contributed by atoms with Gasteiger partial charge in [0.2, 0.25) is 5.84 Å². The highest BCUT2D eigenvalue weighted by Gasteiger charge is 2.27. The van der Waals surface area contributed by atoms with Gasteiger partial charge in [0.25, 0.3) is 0 Å². The highest BCUT2D eigenvalue weighted by Crippen LogP contribution is 2.02. The minimum absolute atomic E-state index is 0.343. The summed E-state index contributed by atoms with van der Waals surface area (Å²) in [6.45, 7) is 5.79. The van der Waals surface area contributed by atoms with Crippen LogP contribution in [0.25, 0.3) is 0 Å². The zero-order valence-corrected chi connectivity index (χ0v) is 6.83. The van der Waals surface area contributed by atoms with Gasteiger partial charge in [-0.1, -0.05) is 0 Å². The van der Waals surface area contributed by atoms with Crippen LogP contribution in [0.1, 0.15) is 13.8 Å². The summed E-state index contributed by atoms with van der Waals surface area (Å²) in [4.78, 5) is 1.99. The fraction of sp³-hybridized carbons (Fsp3) is 0.857. The van der Waals surface area contributed by atoms with Gasteiger partial charge >= 0.3 is 0 Å². The van der Waals surface area contributed by atoms with E-state index >= 15 is 0 Å². The van der Waals surface area contributed by atoms with E-state index < -0.39 is 0 Å². The Bertz CT molecular complexity index is 163. The largest absolute Gasteiger partial charge is 0.356 e. The van der Waals surface area contributed by atoms with Crippen molar-refractivity contribution in [2.24, 2.45) is 0 Å². The normalized spacial score (nSPS) is 22.2. The van der Waals surface area contributed by atoms with Gasteiger partial charge in [0.1, 0.15) is 13.1 Å². The predicted molar refractivity (Wildman–Crippen MR) is 40.1 cm³/mol. The molecule has 1 N–H and O–H groups in total. The number of nitrogens with zero attached hydrogens (tertiary/aromatic N) is 2. The topological polar surface area (TPSA) is 26.5 Å². The van der Waals surface area contributed by atoms with Crippen molar-refractivity contribution in [1.82, 2.24) is 4.90 Å². The molecule has 3 heteroatoms. The van der Waals surface area contributed by atoms with Gasteiger partial charge in [-0.05, 0) is 0 Å². The highest BCUT2D eigenvalue weighted by molar-refractivity contribution is 5.75. The molecule has 1 unspecified atom stereocenters. The van der Waals surface area contributed by atoms with E-state index in [1.54, 1.807) is 6.92 Å². The van der Waals surface area contributed by atoms with E-state index in [4.69, 9.17) is 0 Å². The fourth-order valence-electron chi connectivity index (χ4n) is 1.26. The molecule has 3 nitrogen and oxygen atoms in total. The zero-order chi connectivity index (χ0) is 7.72. The van der Waals surface area contributed by atoms with Crippen molar-refractivity contribution in [3.63, 3.8) is 0 Å². The Morgan fingerprint density at radius 1 is 1.70 bits per heavy atom. The Morgan fingerprint density at radius 3 is 2.50 bits per heavy atom. The lowest BCUT2D eigenvalue weighted by Crippen LogP contribution is -2.35. The van der Waals surface area contributed by atoms with Crippen molar-refractivity contribution in [2.75, 3.05) is 20.1 Å². The first-order valence-corrected chi connectivity index (χ1v) is 3.62. The SMILES string of the molecule is CC1=[N+](C)CCN1C(C)O. The molecule has 1 atom stereocenters. The minimum Gasteiger partial charge on any atom is -0.356 e. The van der Waals surface area contributed by atoms with Crippen LogP contribution in [0.2, 0.25) is 0 Å². The third-order valence-electron chi connectivity index (χ3n) is 2.10. The van der Waals surface area contributed by atoms with Crippen LogP contribution in [0, 0.1) is 0 Å². The quantitative estimate of drug-likeness (QED) is 0.510. The molecule has 1 heterocycles.